The number of nitrogens with zero attached hydrogens (tertiary/aromatic N) is 3. The molecule has 8 aromatic carbocycles. The highest BCUT2D eigenvalue weighted by molar-refractivity contribution is 6.13. The third-order valence-corrected chi connectivity index (χ3v) is 13.9. The molecule has 0 N–H and O–H groups in total. The summed E-state index contributed by atoms with van der Waals surface area (Å²) in [7, 11) is 0. The first-order chi connectivity index (χ1) is 32.3. The molecule has 0 spiro atoms. The first-order valence-corrected chi connectivity index (χ1v) is 22.9. The molecular formula is C62H47N3O. The molecule has 0 radical (unpaired) electrons. The number of hydrogen-bond donors (Lipinski definition) is 0. The summed E-state index contributed by atoms with van der Waals surface area (Å²) in [6, 6.07) is 66.7. The van der Waals surface area contributed by atoms with Gasteiger partial charge in [0.25, 0.3) is 0 Å². The van der Waals surface area contributed by atoms with Gasteiger partial charge in [0.05, 0.1) is 16.7 Å². The minimum Gasteiger partial charge on any atom is -0.456 e. The summed E-state index contributed by atoms with van der Waals surface area (Å²) in [4.78, 5) is 9.94. The van der Waals surface area contributed by atoms with Crippen LogP contribution in [0.25, 0.3) is 77.4 Å². The molecule has 2 aliphatic carbocycles. The van der Waals surface area contributed by atoms with E-state index in [1.54, 1.807) is 0 Å². The van der Waals surface area contributed by atoms with E-state index in [4.69, 9.17) is 14.4 Å². The van der Waals surface area contributed by atoms with Crippen molar-refractivity contribution in [3.63, 3.8) is 0 Å². The molecule has 0 fully saturated rings. The van der Waals surface area contributed by atoms with Gasteiger partial charge in [-0.3, -0.25) is 0 Å². The second kappa shape index (κ2) is 15.6. The van der Waals surface area contributed by atoms with Crippen LogP contribution in [0, 0.1) is 0 Å². The van der Waals surface area contributed by atoms with Crippen LogP contribution in [0.4, 0.5) is 0 Å². The largest absolute Gasteiger partial charge is 0.456 e. The SMILES string of the molecule is C=C(N=C(N=C(C)c1ccc(-c2ccc(-n3c4ccccc4c4cc(C5=CC6=C(CC5)c5cc7c(cc5C6(C)C)oc5ccccc57)ccc43)cc2)cc1)c1ccccc1)c1ccccc1. The predicted octanol–water partition coefficient (Wildman–Crippen LogP) is 16.2. The molecule has 2 heterocycles. The molecule has 66 heavy (non-hydrogen) atoms. The first kappa shape index (κ1) is 39.5. The molecule has 0 unspecified atom stereocenters. The van der Waals surface area contributed by atoms with Gasteiger partial charge in [0.1, 0.15) is 11.2 Å². The van der Waals surface area contributed by atoms with Crippen LogP contribution >= 0.6 is 0 Å². The number of amidine groups is 1. The number of furan rings is 1. The van der Waals surface area contributed by atoms with Gasteiger partial charge in [0.2, 0.25) is 0 Å². The fourth-order valence-corrected chi connectivity index (χ4v) is 10.4. The third-order valence-electron chi connectivity index (χ3n) is 13.9. The zero-order chi connectivity index (χ0) is 44.5. The highest BCUT2D eigenvalue weighted by atomic mass is 16.3. The predicted molar refractivity (Wildman–Crippen MR) is 278 cm³/mol. The fraction of sp³-hybridized carbons (Fsp3) is 0.0968. The highest BCUT2D eigenvalue weighted by Gasteiger charge is 2.39. The highest BCUT2D eigenvalue weighted by Crippen LogP contribution is 2.53. The summed E-state index contributed by atoms with van der Waals surface area (Å²) >= 11 is 0. The number of aliphatic imine (C=N–C) groups is 2. The second-order valence-electron chi connectivity index (χ2n) is 18.2. The lowest BCUT2D eigenvalue weighted by atomic mass is 9.78. The fourth-order valence-electron chi connectivity index (χ4n) is 10.4. The number of allylic oxidation sites excluding steroid dienone is 4. The lowest BCUT2D eigenvalue weighted by Gasteiger charge is -2.26. The van der Waals surface area contributed by atoms with Gasteiger partial charge in [0.15, 0.2) is 5.84 Å². The Morgan fingerprint density at radius 2 is 1.18 bits per heavy atom. The van der Waals surface area contributed by atoms with E-state index < -0.39 is 0 Å². The van der Waals surface area contributed by atoms with Crippen molar-refractivity contribution in [3.05, 3.63) is 240 Å². The lowest BCUT2D eigenvalue weighted by molar-refractivity contribution is 0.642. The molecular weight excluding hydrogens is 803 g/mol. The van der Waals surface area contributed by atoms with Crippen molar-refractivity contribution in [2.75, 3.05) is 0 Å². The van der Waals surface area contributed by atoms with Crippen LogP contribution in [-0.2, 0) is 5.41 Å². The molecule has 0 saturated heterocycles. The number of benzene rings is 8. The van der Waals surface area contributed by atoms with Crippen LogP contribution in [0.3, 0.4) is 0 Å². The Hall–Kier alpha value is -8.08. The summed E-state index contributed by atoms with van der Waals surface area (Å²) in [5.41, 5.74) is 20.5. The van der Waals surface area contributed by atoms with Crippen molar-refractivity contribution < 1.29 is 4.42 Å². The summed E-state index contributed by atoms with van der Waals surface area (Å²) in [5, 5.41) is 4.92. The van der Waals surface area contributed by atoms with Gasteiger partial charge in [-0.05, 0) is 124 Å². The summed E-state index contributed by atoms with van der Waals surface area (Å²) < 4.78 is 8.76. The number of para-hydroxylation sites is 2. The number of aromatic nitrogens is 1. The number of hydrogen-bond acceptors (Lipinski definition) is 2. The molecule has 0 aliphatic heterocycles. The molecule has 4 nitrogen and oxygen atoms in total. The van der Waals surface area contributed by atoms with Crippen LogP contribution in [-0.4, -0.2) is 16.1 Å². The van der Waals surface area contributed by atoms with E-state index in [-0.39, 0.29) is 5.41 Å². The van der Waals surface area contributed by atoms with Crippen molar-refractivity contribution in [1.82, 2.24) is 4.57 Å². The van der Waals surface area contributed by atoms with Gasteiger partial charge in [-0.15, -0.1) is 0 Å². The van der Waals surface area contributed by atoms with Gasteiger partial charge in [0, 0.05) is 43.9 Å². The Kier molecular flexibility index (Phi) is 9.32. The molecule has 4 heteroatoms. The normalized spacial score (nSPS) is 14.9. The van der Waals surface area contributed by atoms with Crippen molar-refractivity contribution in [1.29, 1.82) is 0 Å². The van der Waals surface area contributed by atoms with Gasteiger partial charge in [-0.25, -0.2) is 9.98 Å². The zero-order valence-electron chi connectivity index (χ0n) is 37.3. The van der Waals surface area contributed by atoms with E-state index in [1.807, 2.05) is 73.7 Å². The maximum absolute atomic E-state index is 6.36. The molecule has 2 aliphatic rings. The van der Waals surface area contributed by atoms with Crippen LogP contribution in [0.15, 0.2) is 221 Å². The van der Waals surface area contributed by atoms with Crippen molar-refractivity contribution in [2.24, 2.45) is 9.98 Å². The maximum atomic E-state index is 6.36. The molecule has 316 valence electrons. The smallest absolute Gasteiger partial charge is 0.160 e. The molecule has 2 aromatic heterocycles. The van der Waals surface area contributed by atoms with Crippen molar-refractivity contribution in [3.8, 4) is 16.8 Å². The maximum Gasteiger partial charge on any atom is 0.160 e. The zero-order valence-corrected chi connectivity index (χ0v) is 37.3. The first-order valence-electron chi connectivity index (χ1n) is 22.9. The van der Waals surface area contributed by atoms with E-state index in [0.717, 1.165) is 63.2 Å². The number of rotatable bonds is 7. The molecule has 0 bridgehead atoms. The van der Waals surface area contributed by atoms with Crippen LogP contribution in [0.2, 0.25) is 0 Å². The molecule has 0 saturated carbocycles. The second-order valence-corrected chi connectivity index (χ2v) is 18.2. The van der Waals surface area contributed by atoms with Crippen molar-refractivity contribution >= 4 is 72.1 Å². The minimum atomic E-state index is -0.119. The summed E-state index contributed by atoms with van der Waals surface area (Å²) in [6.07, 6.45) is 4.53. The lowest BCUT2D eigenvalue weighted by Crippen LogP contribution is -2.17. The standard InChI is InChI=1S/C62H47N3O/c1-39(41-15-7-5-8-16-41)63-61(45-17-9-6-10-18-45)64-40(2)42-23-25-43(26-24-42)44-27-31-48(32-28-44)65-57-21-13-11-19-50(57)53-35-46(30-34-58(53)65)47-29-33-49-52-37-54-51-20-12-14-22-59(51)66-60(54)38-56(52)62(3,4)55(49)36-47/h5-28,30-32,34-38H,1,29,33H2,2-4H3. The molecule has 12 rings (SSSR count). The van der Waals surface area contributed by atoms with Gasteiger partial charge in [-0.1, -0.05) is 166 Å². The average Bonchev–Trinajstić information content (AvgIpc) is 3.98. The van der Waals surface area contributed by atoms with E-state index in [1.165, 1.54) is 66.0 Å². The van der Waals surface area contributed by atoms with Gasteiger partial charge < -0.3 is 8.98 Å². The van der Waals surface area contributed by atoms with E-state index >= 15 is 0 Å². The third kappa shape index (κ3) is 6.60. The van der Waals surface area contributed by atoms with Crippen LogP contribution in [0.5, 0.6) is 0 Å². The molecule has 10 aromatic rings. The Balaban J connectivity index is 0.836. The van der Waals surface area contributed by atoms with E-state index in [0.29, 0.717) is 11.5 Å². The Bertz CT molecular complexity index is 3710. The topological polar surface area (TPSA) is 42.8 Å². The average molecular weight is 850 g/mol. The quantitative estimate of drug-likeness (QED) is 0.116. The molecule has 0 atom stereocenters. The van der Waals surface area contributed by atoms with Crippen molar-refractivity contribution in [2.45, 2.75) is 39.0 Å². The number of fused-ring (bicyclic) bond motifs is 8. The summed E-state index contributed by atoms with van der Waals surface area (Å²) in [5.74, 6) is 0.635. The van der Waals surface area contributed by atoms with Gasteiger partial charge in [-0.2, -0.15) is 0 Å². The van der Waals surface area contributed by atoms with E-state index in [9.17, 15) is 0 Å². The monoisotopic (exact) mass is 849 g/mol. The Labute approximate surface area is 384 Å². The van der Waals surface area contributed by atoms with Gasteiger partial charge >= 0.3 is 0 Å². The minimum absolute atomic E-state index is 0.119. The summed E-state index contributed by atoms with van der Waals surface area (Å²) in [6.45, 7) is 11.0. The Morgan fingerprint density at radius 1 is 0.545 bits per heavy atom. The Morgan fingerprint density at radius 3 is 1.94 bits per heavy atom. The van der Waals surface area contributed by atoms with E-state index in [2.05, 4.69) is 152 Å². The molecule has 0 amide bonds. The van der Waals surface area contributed by atoms with Crippen LogP contribution < -0.4 is 0 Å². The van der Waals surface area contributed by atoms with Crippen LogP contribution in [0.1, 0.15) is 67.0 Å².